The predicted octanol–water partition coefficient (Wildman–Crippen LogP) is 4.00. The number of nitrogen functional groups attached to an aromatic ring is 1. The smallest absolute Gasteiger partial charge is 0.294 e. The van der Waals surface area contributed by atoms with E-state index in [0.29, 0.717) is 29.3 Å². The lowest BCUT2D eigenvalue weighted by Crippen LogP contribution is -2.21. The number of carbonyl (C=O) groups is 1. The summed E-state index contributed by atoms with van der Waals surface area (Å²) in [4.78, 5) is 13.2. The van der Waals surface area contributed by atoms with Crippen molar-refractivity contribution in [1.29, 1.82) is 0 Å². The average Bonchev–Trinajstić information content (AvgIpc) is 3.56. The normalized spacial score (nSPS) is 11.6. The van der Waals surface area contributed by atoms with Crippen LogP contribution < -0.4 is 15.9 Å². The molecule has 186 valence electrons. The quantitative estimate of drug-likeness (QED) is 0.242. The molecule has 0 saturated heterocycles. The zero-order chi connectivity index (χ0) is 25.8. The maximum Gasteiger partial charge on any atom is 0.294 e. The van der Waals surface area contributed by atoms with Crippen molar-refractivity contribution in [2.75, 3.05) is 12.3 Å². The SMILES string of the molecule is CCCOc1ccc(-c2c(C(=O)N/N=C(\C)c3ccc4ccccc4c3)nnn2-c2nonc2N)cc1. The summed E-state index contributed by atoms with van der Waals surface area (Å²) in [5.74, 6) is 0.270. The number of anilines is 1. The maximum atomic E-state index is 13.2. The number of hydrogen-bond acceptors (Lipinski definition) is 9. The second-order valence-corrected chi connectivity index (χ2v) is 8.24. The summed E-state index contributed by atoms with van der Waals surface area (Å²) in [7, 11) is 0. The standard InChI is InChI=1S/C26H24N8O3/c1-3-14-36-21-12-10-18(11-13-21)23-22(29-33-34(23)25-24(27)31-37-32-25)26(35)30-28-16(2)19-9-8-17-6-4-5-7-20(17)15-19/h4-13,15H,3,14H2,1-2H3,(H2,27,31)(H,30,35)/b28-16+. The summed E-state index contributed by atoms with van der Waals surface area (Å²) in [5.41, 5.74) is 11.0. The van der Waals surface area contributed by atoms with Gasteiger partial charge in [0.1, 0.15) is 11.4 Å². The summed E-state index contributed by atoms with van der Waals surface area (Å²) < 4.78 is 11.7. The van der Waals surface area contributed by atoms with Crippen molar-refractivity contribution in [2.45, 2.75) is 20.3 Å². The molecular formula is C26H24N8O3. The van der Waals surface area contributed by atoms with Gasteiger partial charge in [0.05, 0.1) is 12.3 Å². The second-order valence-electron chi connectivity index (χ2n) is 8.24. The van der Waals surface area contributed by atoms with E-state index >= 15 is 0 Å². The van der Waals surface area contributed by atoms with Crippen LogP contribution in [0.25, 0.3) is 27.8 Å². The van der Waals surface area contributed by atoms with Crippen LogP contribution in [-0.2, 0) is 0 Å². The van der Waals surface area contributed by atoms with Gasteiger partial charge in [-0.2, -0.15) is 9.78 Å². The van der Waals surface area contributed by atoms with Gasteiger partial charge in [0.2, 0.25) is 11.6 Å². The molecule has 1 amide bonds. The fraction of sp³-hybridized carbons (Fsp3) is 0.154. The molecule has 0 unspecified atom stereocenters. The van der Waals surface area contributed by atoms with Gasteiger partial charge in [0, 0.05) is 5.56 Å². The Labute approximate surface area is 211 Å². The first kappa shape index (κ1) is 23.7. The van der Waals surface area contributed by atoms with E-state index in [1.54, 1.807) is 24.3 Å². The fourth-order valence-electron chi connectivity index (χ4n) is 3.78. The van der Waals surface area contributed by atoms with E-state index in [2.05, 4.69) is 31.2 Å². The number of carbonyl (C=O) groups excluding carboxylic acids is 1. The molecule has 2 heterocycles. The molecule has 0 aliphatic heterocycles. The number of nitrogens with zero attached hydrogens (tertiary/aromatic N) is 6. The van der Waals surface area contributed by atoms with Crippen molar-refractivity contribution in [1.82, 2.24) is 30.7 Å². The Morgan fingerprint density at radius 3 is 2.59 bits per heavy atom. The van der Waals surface area contributed by atoms with Crippen LogP contribution in [0.3, 0.4) is 0 Å². The van der Waals surface area contributed by atoms with Crippen LogP contribution in [-0.4, -0.2) is 43.5 Å². The van der Waals surface area contributed by atoms with Crippen LogP contribution in [0.4, 0.5) is 5.82 Å². The van der Waals surface area contributed by atoms with Crippen LogP contribution in [0.5, 0.6) is 5.75 Å². The van der Waals surface area contributed by atoms with E-state index in [1.807, 2.05) is 56.3 Å². The first-order chi connectivity index (χ1) is 18.0. The number of fused-ring (bicyclic) bond motifs is 1. The third kappa shape index (κ3) is 4.87. The highest BCUT2D eigenvalue weighted by atomic mass is 16.6. The van der Waals surface area contributed by atoms with E-state index in [9.17, 15) is 4.79 Å². The number of benzene rings is 3. The molecule has 0 fully saturated rings. The Hall–Kier alpha value is -5.06. The Morgan fingerprint density at radius 2 is 1.86 bits per heavy atom. The minimum absolute atomic E-state index is 0.00572. The summed E-state index contributed by atoms with van der Waals surface area (Å²) >= 11 is 0. The van der Waals surface area contributed by atoms with Crippen molar-refractivity contribution in [3.05, 3.63) is 78.0 Å². The van der Waals surface area contributed by atoms with Crippen molar-refractivity contribution in [3.8, 4) is 22.8 Å². The third-order valence-corrected chi connectivity index (χ3v) is 5.67. The summed E-state index contributed by atoms with van der Waals surface area (Å²) in [5, 5.41) is 22.1. The molecule has 3 aromatic carbocycles. The summed E-state index contributed by atoms with van der Waals surface area (Å²) in [6.45, 7) is 4.45. The van der Waals surface area contributed by atoms with Crippen LogP contribution >= 0.6 is 0 Å². The van der Waals surface area contributed by atoms with Gasteiger partial charge in [0.25, 0.3) is 5.91 Å². The summed E-state index contributed by atoms with van der Waals surface area (Å²) in [6, 6.07) is 21.2. The van der Waals surface area contributed by atoms with E-state index in [1.165, 1.54) is 4.68 Å². The second kappa shape index (κ2) is 10.3. The number of amides is 1. The molecule has 0 atom stereocenters. The third-order valence-electron chi connectivity index (χ3n) is 5.67. The van der Waals surface area contributed by atoms with Gasteiger partial charge in [0.15, 0.2) is 5.69 Å². The Bertz CT molecular complexity index is 1590. The molecule has 0 saturated carbocycles. The number of ether oxygens (including phenoxy) is 1. The molecule has 5 rings (SSSR count). The molecule has 11 nitrogen and oxygen atoms in total. The number of nitrogens with one attached hydrogen (secondary N) is 1. The molecule has 0 aliphatic carbocycles. The van der Waals surface area contributed by atoms with Crippen LogP contribution in [0.1, 0.15) is 36.3 Å². The molecule has 0 radical (unpaired) electrons. The van der Waals surface area contributed by atoms with Gasteiger partial charge in [-0.3, -0.25) is 4.79 Å². The van der Waals surface area contributed by atoms with Crippen molar-refractivity contribution >= 4 is 28.2 Å². The minimum Gasteiger partial charge on any atom is -0.494 e. The highest BCUT2D eigenvalue weighted by Crippen LogP contribution is 2.28. The molecule has 11 heteroatoms. The van der Waals surface area contributed by atoms with E-state index in [0.717, 1.165) is 22.8 Å². The van der Waals surface area contributed by atoms with Crippen LogP contribution in [0.15, 0.2) is 76.5 Å². The lowest BCUT2D eigenvalue weighted by Gasteiger charge is -2.08. The first-order valence-corrected chi connectivity index (χ1v) is 11.7. The maximum absolute atomic E-state index is 13.2. The number of aromatic nitrogens is 5. The van der Waals surface area contributed by atoms with Gasteiger partial charge >= 0.3 is 0 Å². The van der Waals surface area contributed by atoms with Gasteiger partial charge in [-0.15, -0.1) is 5.10 Å². The van der Waals surface area contributed by atoms with Crippen molar-refractivity contribution < 1.29 is 14.2 Å². The molecule has 2 aromatic heterocycles. The Balaban J connectivity index is 1.46. The summed E-state index contributed by atoms with van der Waals surface area (Å²) in [6.07, 6.45) is 0.889. The lowest BCUT2D eigenvalue weighted by atomic mass is 10.0. The van der Waals surface area contributed by atoms with Crippen molar-refractivity contribution in [3.63, 3.8) is 0 Å². The molecule has 5 aromatic rings. The molecule has 0 bridgehead atoms. The number of hydrazone groups is 1. The average molecular weight is 497 g/mol. The monoisotopic (exact) mass is 496 g/mol. The molecular weight excluding hydrogens is 472 g/mol. The zero-order valence-electron chi connectivity index (χ0n) is 20.3. The van der Waals surface area contributed by atoms with Gasteiger partial charge in [-0.25, -0.2) is 10.1 Å². The van der Waals surface area contributed by atoms with Gasteiger partial charge < -0.3 is 10.5 Å². The molecule has 3 N–H and O–H groups in total. The van der Waals surface area contributed by atoms with Crippen LogP contribution in [0, 0.1) is 0 Å². The van der Waals surface area contributed by atoms with Crippen molar-refractivity contribution in [2.24, 2.45) is 5.10 Å². The lowest BCUT2D eigenvalue weighted by molar-refractivity contribution is 0.0950. The van der Waals surface area contributed by atoms with E-state index in [-0.39, 0.29) is 17.3 Å². The molecule has 37 heavy (non-hydrogen) atoms. The van der Waals surface area contributed by atoms with E-state index < -0.39 is 5.91 Å². The topological polar surface area (TPSA) is 146 Å². The molecule has 0 spiro atoms. The number of nitrogens with two attached hydrogens (primary N) is 1. The number of rotatable bonds is 8. The minimum atomic E-state index is -0.553. The molecule has 0 aliphatic rings. The van der Waals surface area contributed by atoms with E-state index in [4.69, 9.17) is 15.1 Å². The Kier molecular flexibility index (Phi) is 6.58. The Morgan fingerprint density at radius 1 is 1.08 bits per heavy atom. The highest BCUT2D eigenvalue weighted by molar-refractivity contribution is 6.04. The highest BCUT2D eigenvalue weighted by Gasteiger charge is 2.25. The van der Waals surface area contributed by atoms with Gasteiger partial charge in [-0.05, 0) is 70.3 Å². The van der Waals surface area contributed by atoms with Crippen LogP contribution in [0.2, 0.25) is 0 Å². The fourth-order valence-corrected chi connectivity index (χ4v) is 3.78. The first-order valence-electron chi connectivity index (χ1n) is 11.7. The van der Waals surface area contributed by atoms with Gasteiger partial charge in [-0.1, -0.05) is 48.5 Å². The zero-order valence-corrected chi connectivity index (χ0v) is 20.3. The number of hydrogen-bond donors (Lipinski definition) is 2. The predicted molar refractivity (Wildman–Crippen MR) is 138 cm³/mol. The largest absolute Gasteiger partial charge is 0.494 e.